The molecule has 34 heavy (non-hydrogen) atoms. The molecule has 8 nitrogen and oxygen atoms in total. The zero-order chi connectivity index (χ0) is 24.3. The summed E-state index contributed by atoms with van der Waals surface area (Å²) < 4.78 is 25.7. The number of nitrogens with zero attached hydrogens (tertiary/aromatic N) is 4. The summed E-state index contributed by atoms with van der Waals surface area (Å²) in [7, 11) is 1.55. The fourth-order valence-corrected chi connectivity index (χ4v) is 3.27. The number of nitrogens with one attached hydrogen (secondary N) is 1. The van der Waals surface area contributed by atoms with Gasteiger partial charge in [0.25, 0.3) is 0 Å². The minimum atomic E-state index is -0.667. The first-order chi connectivity index (χ1) is 16.2. The van der Waals surface area contributed by atoms with E-state index in [0.29, 0.717) is 22.5 Å². The maximum absolute atomic E-state index is 14.7. The van der Waals surface area contributed by atoms with Crippen molar-refractivity contribution in [3.05, 3.63) is 72.2 Å². The molecule has 1 amide bonds. The lowest BCUT2D eigenvalue weighted by Crippen LogP contribution is -2.18. The van der Waals surface area contributed by atoms with Gasteiger partial charge in [-0.25, -0.2) is 19.3 Å². The number of benzene rings is 1. The van der Waals surface area contributed by atoms with Gasteiger partial charge in [-0.2, -0.15) is 0 Å². The minimum absolute atomic E-state index is 0.00830. The maximum Gasteiger partial charge on any atom is 0.231 e. The van der Waals surface area contributed by atoms with Gasteiger partial charge < -0.3 is 14.8 Å². The Morgan fingerprint density at radius 2 is 1.85 bits per heavy atom. The maximum atomic E-state index is 14.7. The summed E-state index contributed by atoms with van der Waals surface area (Å²) in [5.74, 6) is 0.307. The van der Waals surface area contributed by atoms with Crippen molar-refractivity contribution < 1.29 is 18.7 Å². The third kappa shape index (κ3) is 5.25. The molecule has 4 aromatic rings. The quantitative estimate of drug-likeness (QED) is 0.439. The number of rotatable bonds is 6. The third-order valence-corrected chi connectivity index (χ3v) is 5.13. The molecule has 174 valence electrons. The standard InChI is InChI=1S/C25H24FN5O3/c1-25(2,3)15-7-8-27-22(9-15)31-23(32)12-21-19(26)11-17(13-28-21)34-24-18-10-16(33-4)5-6-20(18)29-14-30-24/h5-11,13-14H,12H2,1-4H3,(H,27,31,32). The molecule has 9 heteroatoms. The van der Waals surface area contributed by atoms with Crippen LogP contribution >= 0.6 is 0 Å². The molecule has 1 aromatic carbocycles. The molecule has 0 saturated carbocycles. The number of fused-ring (bicyclic) bond motifs is 1. The van der Waals surface area contributed by atoms with E-state index in [4.69, 9.17) is 9.47 Å². The monoisotopic (exact) mass is 461 g/mol. The number of amides is 1. The first kappa shape index (κ1) is 23.0. The number of methoxy groups -OCH3 is 1. The SMILES string of the molecule is COc1ccc2ncnc(Oc3cnc(CC(=O)Nc4cc(C(C)(C)C)ccn4)c(F)c3)c2c1. The Bertz CT molecular complexity index is 1350. The van der Waals surface area contributed by atoms with Crippen LogP contribution < -0.4 is 14.8 Å². The zero-order valence-corrected chi connectivity index (χ0v) is 19.3. The normalized spacial score (nSPS) is 11.3. The van der Waals surface area contributed by atoms with E-state index in [1.807, 2.05) is 6.07 Å². The van der Waals surface area contributed by atoms with Crippen molar-refractivity contribution in [2.45, 2.75) is 32.6 Å². The van der Waals surface area contributed by atoms with Crippen molar-refractivity contribution in [2.24, 2.45) is 0 Å². The van der Waals surface area contributed by atoms with Crippen LogP contribution in [0, 0.1) is 5.82 Å². The molecule has 0 aliphatic carbocycles. The van der Waals surface area contributed by atoms with Crippen LogP contribution in [0.3, 0.4) is 0 Å². The summed E-state index contributed by atoms with van der Waals surface area (Å²) in [6, 6.07) is 10.1. The Morgan fingerprint density at radius 3 is 2.59 bits per heavy atom. The summed E-state index contributed by atoms with van der Waals surface area (Å²) in [4.78, 5) is 29.0. The van der Waals surface area contributed by atoms with E-state index in [9.17, 15) is 9.18 Å². The van der Waals surface area contributed by atoms with E-state index in [1.165, 1.54) is 18.6 Å². The van der Waals surface area contributed by atoms with E-state index in [-0.39, 0.29) is 29.2 Å². The molecular weight excluding hydrogens is 437 g/mol. The van der Waals surface area contributed by atoms with Crippen LogP contribution in [0.2, 0.25) is 0 Å². The number of ether oxygens (including phenoxy) is 2. The number of halogens is 1. The molecule has 0 atom stereocenters. The Morgan fingerprint density at radius 1 is 1.03 bits per heavy atom. The molecule has 0 bridgehead atoms. The van der Waals surface area contributed by atoms with Crippen LogP contribution in [-0.4, -0.2) is 33.0 Å². The van der Waals surface area contributed by atoms with Gasteiger partial charge in [0.05, 0.1) is 36.3 Å². The van der Waals surface area contributed by atoms with E-state index < -0.39 is 11.7 Å². The summed E-state index contributed by atoms with van der Waals surface area (Å²) in [6.45, 7) is 6.20. The van der Waals surface area contributed by atoms with Gasteiger partial charge in [-0.3, -0.25) is 9.78 Å². The first-order valence-electron chi connectivity index (χ1n) is 10.6. The lowest BCUT2D eigenvalue weighted by Gasteiger charge is -2.19. The van der Waals surface area contributed by atoms with Gasteiger partial charge in [-0.15, -0.1) is 0 Å². The van der Waals surface area contributed by atoms with E-state index in [2.05, 4.69) is 46.0 Å². The minimum Gasteiger partial charge on any atom is -0.497 e. The molecular formula is C25H24FN5O3. The molecule has 0 saturated heterocycles. The fraction of sp³-hybridized carbons (Fsp3) is 0.240. The molecule has 0 radical (unpaired) electrons. The molecule has 3 aromatic heterocycles. The number of anilines is 1. The van der Waals surface area contributed by atoms with Crippen molar-refractivity contribution in [3.8, 4) is 17.4 Å². The summed E-state index contributed by atoms with van der Waals surface area (Å²) in [6.07, 6.45) is 4.09. The highest BCUT2D eigenvalue weighted by molar-refractivity contribution is 5.91. The largest absolute Gasteiger partial charge is 0.497 e. The van der Waals surface area contributed by atoms with Gasteiger partial charge in [0.15, 0.2) is 5.75 Å². The Balaban J connectivity index is 1.48. The third-order valence-electron chi connectivity index (χ3n) is 5.13. The molecule has 0 fully saturated rings. The van der Waals surface area contributed by atoms with Crippen LogP contribution in [-0.2, 0) is 16.6 Å². The van der Waals surface area contributed by atoms with Gasteiger partial charge in [-0.05, 0) is 41.3 Å². The van der Waals surface area contributed by atoms with E-state index in [0.717, 1.165) is 5.56 Å². The van der Waals surface area contributed by atoms with Crippen molar-refractivity contribution in [1.82, 2.24) is 19.9 Å². The summed E-state index contributed by atoms with van der Waals surface area (Å²) >= 11 is 0. The average Bonchev–Trinajstić information content (AvgIpc) is 2.80. The number of pyridine rings is 2. The van der Waals surface area contributed by atoms with Gasteiger partial charge >= 0.3 is 0 Å². The van der Waals surface area contributed by atoms with Crippen LogP contribution in [0.25, 0.3) is 10.9 Å². The second-order valence-electron chi connectivity index (χ2n) is 8.67. The van der Waals surface area contributed by atoms with Crippen LogP contribution in [0.4, 0.5) is 10.2 Å². The highest BCUT2D eigenvalue weighted by Gasteiger charge is 2.17. The number of hydrogen-bond acceptors (Lipinski definition) is 7. The first-order valence-corrected chi connectivity index (χ1v) is 10.6. The predicted octanol–water partition coefficient (Wildman–Crippen LogP) is 4.84. The molecule has 4 rings (SSSR count). The highest BCUT2D eigenvalue weighted by Crippen LogP contribution is 2.30. The van der Waals surface area contributed by atoms with Crippen LogP contribution in [0.5, 0.6) is 17.4 Å². The second-order valence-corrected chi connectivity index (χ2v) is 8.67. The van der Waals surface area contributed by atoms with Crippen LogP contribution in [0.1, 0.15) is 32.0 Å². The molecule has 0 aliphatic rings. The molecule has 0 aliphatic heterocycles. The fourth-order valence-electron chi connectivity index (χ4n) is 3.27. The Kier molecular flexibility index (Phi) is 6.36. The lowest BCUT2D eigenvalue weighted by molar-refractivity contribution is -0.115. The Hall–Kier alpha value is -4.14. The zero-order valence-electron chi connectivity index (χ0n) is 19.3. The number of carbonyl (C=O) groups excluding carboxylic acids is 1. The lowest BCUT2D eigenvalue weighted by atomic mass is 9.88. The van der Waals surface area contributed by atoms with Gasteiger partial charge in [0.1, 0.15) is 23.7 Å². The van der Waals surface area contributed by atoms with Gasteiger partial charge in [-0.1, -0.05) is 20.8 Å². The topological polar surface area (TPSA) is 99.1 Å². The molecule has 0 spiro atoms. The summed E-state index contributed by atoms with van der Waals surface area (Å²) in [5, 5.41) is 3.31. The average molecular weight is 461 g/mol. The van der Waals surface area contributed by atoms with Crippen molar-refractivity contribution >= 4 is 22.6 Å². The Labute approximate surface area is 196 Å². The van der Waals surface area contributed by atoms with E-state index >= 15 is 0 Å². The number of carbonyl (C=O) groups is 1. The van der Waals surface area contributed by atoms with E-state index in [1.54, 1.807) is 37.6 Å². The van der Waals surface area contributed by atoms with Crippen molar-refractivity contribution in [2.75, 3.05) is 12.4 Å². The predicted molar refractivity (Wildman–Crippen MR) is 126 cm³/mol. The molecule has 0 unspecified atom stereocenters. The van der Waals surface area contributed by atoms with Crippen molar-refractivity contribution in [3.63, 3.8) is 0 Å². The molecule has 1 N–H and O–H groups in total. The van der Waals surface area contributed by atoms with Crippen LogP contribution in [0.15, 0.2) is 55.1 Å². The van der Waals surface area contributed by atoms with Crippen molar-refractivity contribution in [1.29, 1.82) is 0 Å². The summed E-state index contributed by atoms with van der Waals surface area (Å²) in [5.41, 5.74) is 1.58. The van der Waals surface area contributed by atoms with Gasteiger partial charge in [0.2, 0.25) is 11.8 Å². The molecule has 3 heterocycles. The second kappa shape index (κ2) is 9.38. The smallest absolute Gasteiger partial charge is 0.231 e. The number of hydrogen-bond donors (Lipinski definition) is 1. The van der Waals surface area contributed by atoms with Gasteiger partial charge in [0, 0.05) is 12.3 Å². The highest BCUT2D eigenvalue weighted by atomic mass is 19.1. The number of aromatic nitrogens is 4.